The van der Waals surface area contributed by atoms with Crippen molar-refractivity contribution in [2.24, 2.45) is 0 Å². The van der Waals surface area contributed by atoms with Gasteiger partial charge in [0.2, 0.25) is 0 Å². The highest BCUT2D eigenvalue weighted by atomic mass is 35.5. The van der Waals surface area contributed by atoms with Crippen LogP contribution in [0.2, 0.25) is 5.02 Å². The summed E-state index contributed by atoms with van der Waals surface area (Å²) >= 11 is 5.88. The highest BCUT2D eigenvalue weighted by Crippen LogP contribution is 2.18. The topological polar surface area (TPSA) is 60.2 Å². The van der Waals surface area contributed by atoms with Gasteiger partial charge in [-0.2, -0.15) is 0 Å². The summed E-state index contributed by atoms with van der Waals surface area (Å²) in [6.45, 7) is 0. The molecule has 0 radical (unpaired) electrons. The van der Waals surface area contributed by atoms with Crippen LogP contribution < -0.4 is 0 Å². The van der Waals surface area contributed by atoms with E-state index >= 15 is 0 Å². The number of hydrogen-bond donors (Lipinski definition) is 0. The van der Waals surface area contributed by atoms with E-state index in [0.717, 1.165) is 5.69 Å². The van der Waals surface area contributed by atoms with Gasteiger partial charge >= 0.3 is 5.97 Å². The van der Waals surface area contributed by atoms with Crippen LogP contribution in [0.25, 0.3) is 11.8 Å². The first-order valence-corrected chi connectivity index (χ1v) is 6.55. The molecule has 110 valence electrons. The van der Waals surface area contributed by atoms with Gasteiger partial charge in [-0.15, -0.1) is 5.10 Å². The maximum absolute atomic E-state index is 11.8. The lowest BCUT2D eigenvalue weighted by molar-refractivity contribution is 0.0593. The molecule has 1 heterocycles. The van der Waals surface area contributed by atoms with Crippen molar-refractivity contribution in [2.75, 3.05) is 21.2 Å². The minimum absolute atomic E-state index is 0.158. The Kier molecular flexibility index (Phi) is 4.59. The zero-order chi connectivity index (χ0) is 15.4. The third kappa shape index (κ3) is 3.41. The molecule has 0 aliphatic carbocycles. The number of rotatable bonds is 4. The Hall–Kier alpha value is -2.34. The van der Waals surface area contributed by atoms with Crippen LogP contribution in [-0.4, -0.2) is 47.1 Å². The summed E-state index contributed by atoms with van der Waals surface area (Å²) in [4.78, 5) is 13.6. The van der Waals surface area contributed by atoms with E-state index in [2.05, 4.69) is 10.3 Å². The van der Waals surface area contributed by atoms with Crippen molar-refractivity contribution in [3.8, 4) is 5.69 Å². The number of carbonyl (C=O) groups excluding carboxylic acids is 1. The second-order valence-electron chi connectivity index (χ2n) is 4.48. The number of carbonyl (C=O) groups is 1. The summed E-state index contributed by atoms with van der Waals surface area (Å²) in [5.41, 5.74) is 1.45. The van der Waals surface area contributed by atoms with E-state index in [0.29, 0.717) is 10.7 Å². The number of hydrogen-bond acceptors (Lipinski definition) is 5. The largest absolute Gasteiger partial charge is 0.464 e. The number of benzene rings is 1. The zero-order valence-electron chi connectivity index (χ0n) is 11.9. The first-order chi connectivity index (χ1) is 10.0. The molecule has 0 spiro atoms. The standard InChI is InChI=1S/C14H15ClN4O2/c1-18(2)9-8-12-13(14(20)21-3)16-17-19(12)11-6-4-10(15)5-7-11/h4-9H,1-3H3/b9-8+. The summed E-state index contributed by atoms with van der Waals surface area (Å²) in [6.07, 6.45) is 3.55. The molecule has 0 saturated carbocycles. The van der Waals surface area contributed by atoms with Crippen molar-refractivity contribution >= 4 is 23.6 Å². The maximum atomic E-state index is 11.8. The van der Waals surface area contributed by atoms with E-state index in [1.54, 1.807) is 41.2 Å². The number of nitrogens with zero attached hydrogens (tertiary/aromatic N) is 4. The smallest absolute Gasteiger partial charge is 0.360 e. The molecule has 0 unspecified atom stereocenters. The molecule has 6 nitrogen and oxygen atoms in total. The molecule has 0 N–H and O–H groups in total. The van der Waals surface area contributed by atoms with Crippen LogP contribution >= 0.6 is 11.6 Å². The van der Waals surface area contributed by atoms with E-state index in [1.807, 2.05) is 19.0 Å². The normalized spacial score (nSPS) is 10.9. The lowest BCUT2D eigenvalue weighted by Crippen LogP contribution is -2.07. The summed E-state index contributed by atoms with van der Waals surface area (Å²) < 4.78 is 6.29. The molecule has 7 heteroatoms. The highest BCUT2D eigenvalue weighted by molar-refractivity contribution is 6.30. The molecule has 1 aromatic heterocycles. The number of esters is 1. The molecule has 1 aromatic carbocycles. The number of aromatic nitrogens is 3. The molecule has 0 amide bonds. The van der Waals surface area contributed by atoms with Gasteiger partial charge in [-0.05, 0) is 30.3 Å². The molecule has 21 heavy (non-hydrogen) atoms. The van der Waals surface area contributed by atoms with Crippen molar-refractivity contribution in [1.82, 2.24) is 19.9 Å². The van der Waals surface area contributed by atoms with Crippen LogP contribution in [0.1, 0.15) is 16.2 Å². The summed E-state index contributed by atoms with van der Waals surface area (Å²) in [5.74, 6) is -0.534. The monoisotopic (exact) mass is 306 g/mol. The van der Waals surface area contributed by atoms with Gasteiger partial charge in [-0.3, -0.25) is 0 Å². The summed E-state index contributed by atoms with van der Waals surface area (Å²) in [6, 6.07) is 7.09. The van der Waals surface area contributed by atoms with Gasteiger partial charge in [-0.25, -0.2) is 9.48 Å². The van der Waals surface area contributed by atoms with E-state index in [-0.39, 0.29) is 5.69 Å². The molecule has 0 fully saturated rings. The average Bonchev–Trinajstić information content (AvgIpc) is 2.89. The second kappa shape index (κ2) is 6.41. The van der Waals surface area contributed by atoms with Crippen LogP contribution in [0.5, 0.6) is 0 Å². The molecule has 0 aliphatic rings. The molecule has 0 bridgehead atoms. The van der Waals surface area contributed by atoms with E-state index in [4.69, 9.17) is 16.3 Å². The maximum Gasteiger partial charge on any atom is 0.360 e. The molecule has 2 rings (SSSR count). The van der Waals surface area contributed by atoms with Crippen molar-refractivity contribution in [3.05, 3.63) is 46.9 Å². The number of ether oxygens (including phenoxy) is 1. The van der Waals surface area contributed by atoms with Crippen molar-refractivity contribution in [2.45, 2.75) is 0 Å². The fourth-order valence-electron chi connectivity index (χ4n) is 1.67. The average molecular weight is 307 g/mol. The Bertz CT molecular complexity index is 662. The van der Waals surface area contributed by atoms with E-state index in [1.165, 1.54) is 7.11 Å². The van der Waals surface area contributed by atoms with Gasteiger partial charge in [0.15, 0.2) is 5.69 Å². The third-order valence-electron chi connectivity index (χ3n) is 2.69. The Balaban J connectivity index is 2.52. The van der Waals surface area contributed by atoms with Crippen molar-refractivity contribution < 1.29 is 9.53 Å². The Morgan fingerprint density at radius 1 is 1.33 bits per heavy atom. The van der Waals surface area contributed by atoms with Crippen LogP contribution in [-0.2, 0) is 4.74 Å². The van der Waals surface area contributed by atoms with Gasteiger partial charge < -0.3 is 9.64 Å². The van der Waals surface area contributed by atoms with E-state index in [9.17, 15) is 4.79 Å². The van der Waals surface area contributed by atoms with Crippen molar-refractivity contribution in [3.63, 3.8) is 0 Å². The van der Waals surface area contributed by atoms with Crippen LogP contribution in [0.4, 0.5) is 0 Å². The van der Waals surface area contributed by atoms with Crippen LogP contribution in [0, 0.1) is 0 Å². The fraction of sp³-hybridized carbons (Fsp3) is 0.214. The molecule has 0 aliphatic heterocycles. The Morgan fingerprint density at radius 2 is 2.00 bits per heavy atom. The van der Waals surface area contributed by atoms with Gasteiger partial charge in [0.1, 0.15) is 5.69 Å². The van der Waals surface area contributed by atoms with Crippen LogP contribution in [0.15, 0.2) is 30.5 Å². The molecular weight excluding hydrogens is 292 g/mol. The van der Waals surface area contributed by atoms with Gasteiger partial charge in [0.05, 0.1) is 12.8 Å². The van der Waals surface area contributed by atoms with Crippen LogP contribution in [0.3, 0.4) is 0 Å². The highest BCUT2D eigenvalue weighted by Gasteiger charge is 2.19. The quantitative estimate of drug-likeness (QED) is 0.811. The van der Waals surface area contributed by atoms with E-state index < -0.39 is 5.97 Å². The summed E-state index contributed by atoms with van der Waals surface area (Å²) in [7, 11) is 5.07. The molecular formula is C14H15ClN4O2. The predicted octanol–water partition coefficient (Wildman–Crippen LogP) is 2.24. The Morgan fingerprint density at radius 3 is 2.57 bits per heavy atom. The third-order valence-corrected chi connectivity index (χ3v) is 2.94. The minimum Gasteiger partial charge on any atom is -0.464 e. The molecule has 2 aromatic rings. The SMILES string of the molecule is COC(=O)c1nnn(-c2ccc(Cl)cc2)c1/C=C/N(C)C. The minimum atomic E-state index is -0.534. The first kappa shape index (κ1) is 15.1. The molecule has 0 atom stereocenters. The first-order valence-electron chi connectivity index (χ1n) is 6.17. The summed E-state index contributed by atoms with van der Waals surface area (Å²) in [5, 5.41) is 8.54. The molecule has 0 saturated heterocycles. The number of methoxy groups -OCH3 is 1. The lowest BCUT2D eigenvalue weighted by atomic mass is 10.2. The van der Waals surface area contributed by atoms with Gasteiger partial charge in [0.25, 0.3) is 0 Å². The van der Waals surface area contributed by atoms with Gasteiger partial charge in [-0.1, -0.05) is 16.8 Å². The van der Waals surface area contributed by atoms with Crippen molar-refractivity contribution in [1.29, 1.82) is 0 Å². The predicted molar refractivity (Wildman–Crippen MR) is 80.4 cm³/mol. The fourth-order valence-corrected chi connectivity index (χ4v) is 1.80. The Labute approximate surface area is 127 Å². The van der Waals surface area contributed by atoms with Gasteiger partial charge in [0, 0.05) is 25.3 Å². The number of halogens is 1. The second-order valence-corrected chi connectivity index (χ2v) is 4.92. The zero-order valence-corrected chi connectivity index (χ0v) is 12.7. The lowest BCUT2D eigenvalue weighted by Gasteiger charge is -2.06.